The molecule has 1 aromatic rings. The quantitative estimate of drug-likeness (QED) is 0.840. The summed E-state index contributed by atoms with van der Waals surface area (Å²) in [6.45, 7) is 7.26. The van der Waals surface area contributed by atoms with Crippen LogP contribution in [-0.2, 0) is 0 Å². The molecule has 0 saturated heterocycles. The second kappa shape index (κ2) is 5.30. The van der Waals surface area contributed by atoms with E-state index in [0.717, 1.165) is 21.4 Å². The molecule has 15 heavy (non-hydrogen) atoms. The predicted molar refractivity (Wildman–Crippen MR) is 73.4 cm³/mol. The molecule has 1 rings (SSSR count). The zero-order chi connectivity index (χ0) is 11.5. The molecule has 1 aromatic heterocycles. The van der Waals surface area contributed by atoms with Gasteiger partial charge in [-0.25, -0.2) is 0 Å². The van der Waals surface area contributed by atoms with Crippen molar-refractivity contribution in [1.82, 2.24) is 5.32 Å². The fourth-order valence-electron chi connectivity index (χ4n) is 1.08. The van der Waals surface area contributed by atoms with Crippen LogP contribution in [0.1, 0.15) is 37.6 Å². The number of carbonyl (C=O) groups is 1. The van der Waals surface area contributed by atoms with E-state index in [1.54, 1.807) is 11.3 Å². The molecular formula is C11H16INOS. The number of nitrogens with one attached hydrogen (secondary N) is 1. The Labute approximate surface area is 109 Å². The van der Waals surface area contributed by atoms with E-state index >= 15 is 0 Å². The van der Waals surface area contributed by atoms with Gasteiger partial charge in [0.15, 0.2) is 0 Å². The number of rotatable bonds is 3. The highest BCUT2D eigenvalue weighted by Gasteiger charge is 2.11. The summed E-state index contributed by atoms with van der Waals surface area (Å²) in [4.78, 5) is 11.6. The monoisotopic (exact) mass is 337 g/mol. The molecule has 0 radical (unpaired) electrons. The number of thiophene rings is 1. The molecule has 0 atom stereocenters. The van der Waals surface area contributed by atoms with E-state index in [0.29, 0.717) is 0 Å². The van der Waals surface area contributed by atoms with Crippen LogP contribution in [0.2, 0.25) is 0 Å². The average Bonchev–Trinajstić information content (AvgIpc) is 2.49. The first-order chi connectivity index (χ1) is 6.88. The molecule has 0 aromatic carbocycles. The van der Waals surface area contributed by atoms with Gasteiger partial charge in [0.1, 0.15) is 0 Å². The Bertz CT molecular complexity index is 341. The molecule has 1 N–H and O–H groups in total. The van der Waals surface area contributed by atoms with E-state index in [-0.39, 0.29) is 11.3 Å². The molecule has 2 nitrogen and oxygen atoms in total. The van der Waals surface area contributed by atoms with Crippen LogP contribution < -0.4 is 5.32 Å². The summed E-state index contributed by atoms with van der Waals surface area (Å²) in [7, 11) is 0. The summed E-state index contributed by atoms with van der Waals surface area (Å²) in [5, 5.41) is 4.83. The average molecular weight is 337 g/mol. The van der Waals surface area contributed by atoms with Crippen molar-refractivity contribution in [1.29, 1.82) is 0 Å². The van der Waals surface area contributed by atoms with Crippen LogP contribution in [0.25, 0.3) is 0 Å². The second-order valence-electron chi connectivity index (χ2n) is 4.71. The van der Waals surface area contributed by atoms with Crippen molar-refractivity contribution >= 4 is 39.8 Å². The number of carbonyl (C=O) groups excluding carboxylic acids is 1. The minimum Gasteiger partial charge on any atom is -0.352 e. The maximum atomic E-state index is 11.6. The first-order valence-corrected chi connectivity index (χ1v) is 6.86. The van der Waals surface area contributed by atoms with E-state index in [2.05, 4.69) is 48.7 Å². The van der Waals surface area contributed by atoms with Gasteiger partial charge in [-0.15, -0.1) is 11.3 Å². The fraction of sp³-hybridized carbons (Fsp3) is 0.545. The number of halogens is 1. The highest BCUT2D eigenvalue weighted by atomic mass is 127. The minimum absolute atomic E-state index is 0.0402. The standard InChI is InChI=1S/C11H16INOS/c1-11(2,3)4-5-13-10(14)8-6-9(12)15-7-8/h6-7H,4-5H2,1-3H3,(H,13,14). The normalized spacial score (nSPS) is 11.5. The molecule has 4 heteroatoms. The van der Waals surface area contributed by atoms with E-state index in [1.165, 1.54) is 0 Å². The molecular weight excluding hydrogens is 321 g/mol. The van der Waals surface area contributed by atoms with E-state index in [4.69, 9.17) is 0 Å². The molecule has 0 saturated carbocycles. The highest BCUT2D eigenvalue weighted by molar-refractivity contribution is 14.1. The summed E-state index contributed by atoms with van der Waals surface area (Å²) in [5.41, 5.74) is 1.05. The lowest BCUT2D eigenvalue weighted by Crippen LogP contribution is -2.26. The van der Waals surface area contributed by atoms with Crippen LogP contribution in [0.5, 0.6) is 0 Å². The molecule has 0 aliphatic heterocycles. The zero-order valence-corrected chi connectivity index (χ0v) is 12.2. The molecule has 0 fully saturated rings. The first kappa shape index (κ1) is 13.0. The van der Waals surface area contributed by atoms with Gasteiger partial charge in [0.25, 0.3) is 5.91 Å². The third kappa shape index (κ3) is 4.97. The van der Waals surface area contributed by atoms with Crippen molar-refractivity contribution < 1.29 is 4.79 Å². The van der Waals surface area contributed by atoms with Crippen molar-refractivity contribution in [2.24, 2.45) is 5.41 Å². The topological polar surface area (TPSA) is 29.1 Å². The van der Waals surface area contributed by atoms with Crippen LogP contribution in [0.3, 0.4) is 0 Å². The third-order valence-corrected chi connectivity index (χ3v) is 3.78. The maximum Gasteiger partial charge on any atom is 0.252 e. The fourth-order valence-corrected chi connectivity index (χ4v) is 2.41. The minimum atomic E-state index is 0.0402. The molecule has 0 aliphatic rings. The van der Waals surface area contributed by atoms with Gasteiger partial charge < -0.3 is 5.32 Å². The van der Waals surface area contributed by atoms with Crippen LogP contribution in [0, 0.1) is 8.30 Å². The molecule has 0 aliphatic carbocycles. The lowest BCUT2D eigenvalue weighted by molar-refractivity contribution is 0.0950. The van der Waals surface area contributed by atoms with Gasteiger partial charge in [-0.1, -0.05) is 20.8 Å². The van der Waals surface area contributed by atoms with E-state index in [1.807, 2.05) is 11.4 Å². The summed E-state index contributed by atoms with van der Waals surface area (Å²) in [5.74, 6) is 0.0402. The summed E-state index contributed by atoms with van der Waals surface area (Å²) in [6, 6.07) is 1.91. The van der Waals surface area contributed by atoms with Gasteiger partial charge in [0.2, 0.25) is 0 Å². The van der Waals surface area contributed by atoms with E-state index < -0.39 is 0 Å². The highest BCUT2D eigenvalue weighted by Crippen LogP contribution is 2.18. The molecule has 0 spiro atoms. The lowest BCUT2D eigenvalue weighted by Gasteiger charge is -2.17. The molecule has 1 heterocycles. The summed E-state index contributed by atoms with van der Waals surface area (Å²) < 4.78 is 1.15. The van der Waals surface area contributed by atoms with Gasteiger partial charge >= 0.3 is 0 Å². The Morgan fingerprint density at radius 1 is 1.53 bits per heavy atom. The lowest BCUT2D eigenvalue weighted by atomic mass is 9.92. The predicted octanol–water partition coefficient (Wildman–Crippen LogP) is 3.52. The maximum absolute atomic E-state index is 11.6. The van der Waals surface area contributed by atoms with Crippen LogP contribution in [0.15, 0.2) is 11.4 Å². The second-order valence-corrected chi connectivity index (χ2v) is 7.51. The smallest absolute Gasteiger partial charge is 0.252 e. The Morgan fingerprint density at radius 2 is 2.20 bits per heavy atom. The number of hydrogen-bond acceptors (Lipinski definition) is 2. The first-order valence-electron chi connectivity index (χ1n) is 4.91. The van der Waals surface area contributed by atoms with Gasteiger partial charge in [0.05, 0.1) is 8.45 Å². The largest absolute Gasteiger partial charge is 0.352 e. The Balaban J connectivity index is 2.37. The summed E-state index contributed by atoms with van der Waals surface area (Å²) in [6.07, 6.45) is 1.000. The Kier molecular flexibility index (Phi) is 4.58. The summed E-state index contributed by atoms with van der Waals surface area (Å²) >= 11 is 3.82. The van der Waals surface area contributed by atoms with Gasteiger partial charge in [-0.2, -0.15) is 0 Å². The van der Waals surface area contributed by atoms with Crippen molar-refractivity contribution in [3.63, 3.8) is 0 Å². The van der Waals surface area contributed by atoms with Crippen LogP contribution >= 0.6 is 33.9 Å². The Hall–Kier alpha value is -0.100. The number of hydrogen-bond donors (Lipinski definition) is 1. The zero-order valence-electron chi connectivity index (χ0n) is 9.26. The third-order valence-electron chi connectivity index (χ3n) is 1.99. The van der Waals surface area contributed by atoms with Gasteiger partial charge in [-0.3, -0.25) is 4.79 Å². The van der Waals surface area contributed by atoms with Crippen molar-refractivity contribution in [2.75, 3.05) is 6.54 Å². The number of amides is 1. The van der Waals surface area contributed by atoms with Crippen LogP contribution in [-0.4, -0.2) is 12.5 Å². The Morgan fingerprint density at radius 3 is 2.67 bits per heavy atom. The van der Waals surface area contributed by atoms with Crippen LogP contribution in [0.4, 0.5) is 0 Å². The van der Waals surface area contributed by atoms with Crippen molar-refractivity contribution in [3.05, 3.63) is 19.9 Å². The van der Waals surface area contributed by atoms with Crippen molar-refractivity contribution in [2.45, 2.75) is 27.2 Å². The van der Waals surface area contributed by atoms with Gasteiger partial charge in [0, 0.05) is 11.9 Å². The molecule has 0 unspecified atom stereocenters. The van der Waals surface area contributed by atoms with Gasteiger partial charge in [-0.05, 0) is 40.5 Å². The van der Waals surface area contributed by atoms with Crippen molar-refractivity contribution in [3.8, 4) is 0 Å². The SMILES string of the molecule is CC(C)(C)CCNC(=O)c1csc(I)c1. The molecule has 0 bridgehead atoms. The van der Waals surface area contributed by atoms with E-state index in [9.17, 15) is 4.79 Å². The molecule has 84 valence electrons. The molecule has 1 amide bonds.